The van der Waals surface area contributed by atoms with Crippen molar-refractivity contribution in [3.8, 4) is 23.0 Å². The Bertz CT molecular complexity index is 4830. The van der Waals surface area contributed by atoms with E-state index in [0.717, 1.165) is 9.80 Å². The molecule has 9 amide bonds. The van der Waals surface area contributed by atoms with Crippen molar-refractivity contribution in [2.45, 2.75) is 176 Å². The molecule has 9 rings (SSSR count). The summed E-state index contributed by atoms with van der Waals surface area (Å²) in [6, 6.07) is 15.5. The molecule has 39 nitrogen and oxygen atoms in total. The average Bonchev–Trinajstić information content (AvgIpc) is 1.61. The van der Waals surface area contributed by atoms with Gasteiger partial charge < -0.3 is 112 Å². The smallest absolute Gasteiger partial charge is 0.416 e. The molecule has 0 aromatic heterocycles. The zero-order valence-electron chi connectivity index (χ0n) is 83.1. The summed E-state index contributed by atoms with van der Waals surface area (Å²) in [5.74, 6) is -5.05. The third-order valence-electron chi connectivity index (χ3n) is 24.8. The van der Waals surface area contributed by atoms with Crippen molar-refractivity contribution in [1.82, 2.24) is 30.7 Å². The maximum Gasteiger partial charge on any atom is 0.416 e. The molecule has 5 aliphatic rings. The van der Waals surface area contributed by atoms with E-state index in [1.54, 1.807) is 69.5 Å². The summed E-state index contributed by atoms with van der Waals surface area (Å²) in [6.45, 7) is 28.7. The van der Waals surface area contributed by atoms with Gasteiger partial charge in [-0.3, -0.25) is 57.6 Å². The highest BCUT2D eigenvalue weighted by Gasteiger charge is 2.49. The van der Waals surface area contributed by atoms with Crippen LogP contribution in [0.15, 0.2) is 97.1 Å². The monoisotopic (exact) mass is 1970 g/mol. The summed E-state index contributed by atoms with van der Waals surface area (Å²) in [7, 11) is 4.30. The number of aliphatic hydroxyl groups excluding tert-OH is 2. The normalized spacial score (nSPS) is 17.6. The molecule has 0 aliphatic carbocycles. The van der Waals surface area contributed by atoms with E-state index in [1.165, 1.54) is 53.2 Å². The van der Waals surface area contributed by atoms with Crippen molar-refractivity contribution in [3.63, 3.8) is 0 Å². The standard InChI is InChI=1S/C102H142N8O31/c1-64(2)77(53-75(111)24-30-129-34-33-126-11)94(117)104-69(9)86(113)51-71-15-19-73(20-16-71)62-140-101(124)109-82-58-90(88(127-12)55-80(82)97(120)107-60-67(7)49-84(107)99(109)122)138-28-14-29-139-91-59-83-81(56-89(91)128-13)98(121)108-61-68(8)50-85(108)100(123)110(83)102(125)141-63-74-21-17-72(18-22-74)52-87(114)70(10)105-95(118)78(65(3)4)54-76(112)25-31-130-35-37-132-39-41-134-43-45-136-47-48-137-46-44-135-42-40-133-38-36-131-32-26-103-92(115)23-27-106-93(116)57-79(66(5)6)96(106)119/h15-22,55-56,58-59,64-66,69-70,77-79,84-85,99-100,122-123H,7-8,14,23-54,57,60-63H2,1-6,9-13H3,(H,103,115)(H,104,117)(H,105,118)/t69-,70-,77-,78-,79?,84-,85-,99?,100?/m0/s1. The summed E-state index contributed by atoms with van der Waals surface area (Å²) < 4.78 is 90.6. The average molecular weight is 1980 g/mol. The molecule has 776 valence electrons. The Kier molecular flexibility index (Phi) is 47.0. The molecule has 3 fully saturated rings. The minimum absolute atomic E-state index is 0.000961. The van der Waals surface area contributed by atoms with Gasteiger partial charge in [0.2, 0.25) is 29.5 Å². The van der Waals surface area contributed by atoms with Gasteiger partial charge in [-0.15, -0.1) is 0 Å². The summed E-state index contributed by atoms with van der Waals surface area (Å²) in [5.41, 5.74) is 3.47. The lowest BCUT2D eigenvalue weighted by atomic mass is 9.88. The molecule has 5 aliphatic heterocycles. The number of imide groups is 1. The number of hydrogen-bond acceptors (Lipinski definition) is 31. The molecule has 3 saturated heterocycles. The van der Waals surface area contributed by atoms with E-state index in [-0.39, 0.29) is 253 Å². The fraction of sp³-hybridized carbons (Fsp3) is 0.598. The van der Waals surface area contributed by atoms with E-state index in [2.05, 4.69) is 29.1 Å². The van der Waals surface area contributed by atoms with Gasteiger partial charge in [0.05, 0.1) is 200 Å². The number of ketones is 4. The molecular weight excluding hydrogens is 1830 g/mol. The van der Waals surface area contributed by atoms with Gasteiger partial charge in [-0.25, -0.2) is 19.4 Å². The lowest BCUT2D eigenvalue weighted by Crippen LogP contribution is -2.50. The first-order valence-corrected chi connectivity index (χ1v) is 48.3. The highest BCUT2D eigenvalue weighted by atomic mass is 16.6. The van der Waals surface area contributed by atoms with Gasteiger partial charge in [-0.1, -0.05) is 114 Å². The predicted octanol–water partition coefficient (Wildman–Crippen LogP) is 7.85. The van der Waals surface area contributed by atoms with Crippen molar-refractivity contribution < 1.29 is 148 Å². The Hall–Kier alpha value is -11.2. The SMILES string of the molecule is C=C1C[C@H]2C(O)N(C(=O)OCc3ccc(CC(=O)[C@H](C)NC(=O)[C@@H](CC(=O)CCOCCOC)C(C)C)cc3)c3cc(OCCCOc4cc5c(cc4OC)C(=O)N4CC(=C)C[C@H]4C(O)N5C(=O)OCc4ccc(CC(=O)[C@H](C)NC(=O)[C@@H](CC(=O)CCOCCOCCOCCOCCOCCOCCOCCOCCNC(=O)CCN5C(=O)CC(C(C)C)C5=O)C(C)C)cc4)c(OC)cc3C(=O)N2C1. The van der Waals surface area contributed by atoms with E-state index in [0.29, 0.717) is 139 Å². The van der Waals surface area contributed by atoms with E-state index >= 15 is 0 Å². The van der Waals surface area contributed by atoms with Gasteiger partial charge in [-0.2, -0.15) is 0 Å². The number of amides is 9. The minimum atomic E-state index is -1.63. The Morgan fingerprint density at radius 1 is 0.440 bits per heavy atom. The number of likely N-dealkylation sites (tertiary alicyclic amines) is 1. The zero-order valence-corrected chi connectivity index (χ0v) is 83.1. The number of carbonyl (C=O) groups is 13. The molecule has 5 heterocycles. The highest BCUT2D eigenvalue weighted by molar-refractivity contribution is 6.08. The van der Waals surface area contributed by atoms with Crippen molar-refractivity contribution in [2.75, 3.05) is 196 Å². The van der Waals surface area contributed by atoms with Crippen molar-refractivity contribution >= 4 is 88.0 Å². The molecule has 4 aromatic rings. The van der Waals surface area contributed by atoms with E-state index in [4.69, 9.17) is 75.8 Å². The first-order valence-electron chi connectivity index (χ1n) is 48.3. The second kappa shape index (κ2) is 58.4. The third kappa shape index (κ3) is 34.6. The minimum Gasteiger partial charge on any atom is -0.493 e. The van der Waals surface area contributed by atoms with Crippen LogP contribution >= 0.6 is 0 Å². The Balaban J connectivity index is 0.659. The number of methoxy groups -OCH3 is 3. The third-order valence-corrected chi connectivity index (χ3v) is 24.8. The number of nitrogens with zero attached hydrogens (tertiary/aromatic N) is 5. The summed E-state index contributed by atoms with van der Waals surface area (Å²) in [4.78, 5) is 181. The van der Waals surface area contributed by atoms with Crippen LogP contribution < -0.4 is 44.7 Å². The number of nitrogens with one attached hydrogen (secondary N) is 3. The van der Waals surface area contributed by atoms with Gasteiger partial charge in [0.1, 0.15) is 24.8 Å². The van der Waals surface area contributed by atoms with Crippen molar-refractivity contribution in [1.29, 1.82) is 0 Å². The van der Waals surface area contributed by atoms with Crippen molar-refractivity contribution in [2.24, 2.45) is 35.5 Å². The van der Waals surface area contributed by atoms with Crippen LogP contribution in [0.3, 0.4) is 0 Å². The number of rotatable bonds is 65. The molecular formula is C102H142N8O31. The number of hydrogen-bond donors (Lipinski definition) is 5. The molecule has 4 aromatic carbocycles. The largest absolute Gasteiger partial charge is 0.493 e. The van der Waals surface area contributed by atoms with E-state index < -0.39 is 84.3 Å². The molecule has 0 saturated carbocycles. The predicted molar refractivity (Wildman–Crippen MR) is 513 cm³/mol. The quantitative estimate of drug-likeness (QED) is 0.0159. The maximum absolute atomic E-state index is 14.5. The second-order valence-corrected chi connectivity index (χ2v) is 36.3. The maximum atomic E-state index is 14.5. The molecule has 3 unspecified atom stereocenters. The first-order chi connectivity index (χ1) is 67.7. The van der Waals surface area contributed by atoms with E-state index in [1.807, 2.05) is 41.5 Å². The molecule has 0 bridgehead atoms. The van der Waals surface area contributed by atoms with Crippen LogP contribution in [0.4, 0.5) is 21.0 Å². The summed E-state index contributed by atoms with van der Waals surface area (Å²) >= 11 is 0. The fourth-order valence-corrected chi connectivity index (χ4v) is 16.5. The Labute approximate surface area is 824 Å². The number of benzene rings is 4. The molecule has 0 spiro atoms. The molecule has 141 heavy (non-hydrogen) atoms. The molecule has 0 radical (unpaired) electrons. The summed E-state index contributed by atoms with van der Waals surface area (Å²) in [5, 5.41) is 32.6. The van der Waals surface area contributed by atoms with Crippen LogP contribution in [0.1, 0.15) is 156 Å². The van der Waals surface area contributed by atoms with Gasteiger partial charge in [0.15, 0.2) is 47.0 Å². The Morgan fingerprint density at radius 2 is 0.801 bits per heavy atom. The Morgan fingerprint density at radius 3 is 1.16 bits per heavy atom. The molecule has 9 atom stereocenters. The number of Topliss-reactive ketones (excluding diaryl/α,β-unsaturated/α-hetero) is 4. The lowest BCUT2D eigenvalue weighted by Gasteiger charge is -2.31. The zero-order chi connectivity index (χ0) is 102. The first kappa shape index (κ1) is 113. The van der Waals surface area contributed by atoms with Crippen LogP contribution in [0.25, 0.3) is 0 Å². The topological polar surface area (TPSA) is 462 Å². The molecule has 5 N–H and O–H groups in total. The fourth-order valence-electron chi connectivity index (χ4n) is 16.5. The van der Waals surface area contributed by atoms with E-state index in [9.17, 15) is 72.5 Å². The van der Waals surface area contributed by atoms with Gasteiger partial charge >= 0.3 is 12.2 Å². The number of carbonyl (C=O) groups excluding carboxylic acids is 13. The summed E-state index contributed by atoms with van der Waals surface area (Å²) in [6.07, 6.45) is -4.43. The number of ether oxygens (including phenoxy) is 16. The van der Waals surface area contributed by atoms with Crippen LogP contribution in [0, 0.1) is 35.5 Å². The number of fused-ring (bicyclic) bond motifs is 4. The van der Waals surface area contributed by atoms with Crippen LogP contribution in [0.2, 0.25) is 0 Å². The molecule has 39 heteroatoms. The number of aliphatic hydroxyl groups is 2. The number of anilines is 2. The van der Waals surface area contributed by atoms with Gasteiger partial charge in [-0.05, 0) is 78.8 Å². The van der Waals surface area contributed by atoms with Gasteiger partial charge in [0, 0.05) is 121 Å². The highest BCUT2D eigenvalue weighted by Crippen LogP contribution is 2.45. The second-order valence-electron chi connectivity index (χ2n) is 36.3. The van der Waals surface area contributed by atoms with Crippen LogP contribution in [-0.4, -0.2) is 324 Å². The lowest BCUT2D eigenvalue weighted by molar-refractivity contribution is -0.140. The van der Waals surface area contributed by atoms with Gasteiger partial charge in [0.25, 0.3) is 11.8 Å². The van der Waals surface area contributed by atoms with Crippen LogP contribution in [0.5, 0.6) is 23.0 Å². The van der Waals surface area contributed by atoms with Crippen molar-refractivity contribution in [3.05, 3.63) is 130 Å². The van der Waals surface area contributed by atoms with Crippen LogP contribution in [-0.2, 0) is 126 Å².